The summed E-state index contributed by atoms with van der Waals surface area (Å²) in [5, 5.41) is 14.2. The van der Waals surface area contributed by atoms with Gasteiger partial charge >= 0.3 is 5.97 Å². The summed E-state index contributed by atoms with van der Waals surface area (Å²) in [5.41, 5.74) is 7.34. The molecule has 0 radical (unpaired) electrons. The minimum Gasteiger partial charge on any atom is -0.400 e. The Morgan fingerprint density at radius 3 is 2.27 bits per heavy atom. The van der Waals surface area contributed by atoms with E-state index in [0.717, 1.165) is 35.0 Å². The predicted octanol–water partition coefficient (Wildman–Crippen LogP) is 4.45. The van der Waals surface area contributed by atoms with Crippen LogP contribution in [0.4, 0.5) is 11.4 Å². The molecule has 0 aromatic heterocycles. The van der Waals surface area contributed by atoms with Crippen LogP contribution in [0, 0.1) is 0 Å². The highest BCUT2D eigenvalue weighted by atomic mass is 32.1. The first-order chi connectivity index (χ1) is 26.1. The van der Waals surface area contributed by atoms with Crippen LogP contribution in [-0.2, 0) is 39.6 Å². The van der Waals surface area contributed by atoms with E-state index in [0.29, 0.717) is 42.5 Å². The number of para-hydroxylation sites is 2. The number of rotatable bonds is 14. The minimum atomic E-state index is -0.753. The van der Waals surface area contributed by atoms with E-state index in [1.807, 2.05) is 50.5 Å². The van der Waals surface area contributed by atoms with Crippen LogP contribution >= 0.6 is 12.6 Å². The van der Waals surface area contributed by atoms with Crippen LogP contribution in [0.15, 0.2) is 83.2 Å². The summed E-state index contributed by atoms with van der Waals surface area (Å²) in [6.45, 7) is 8.89. The first-order valence-corrected chi connectivity index (χ1v) is 19.1. The first kappa shape index (κ1) is 42.7. The van der Waals surface area contributed by atoms with Crippen molar-refractivity contribution < 1.29 is 38.5 Å². The topological polar surface area (TPSA) is 148 Å². The molecule has 1 aliphatic carbocycles. The zero-order chi connectivity index (χ0) is 40.7. The number of unbranched alkanes of at least 4 members (excludes halogenated alkanes) is 1. The zero-order valence-electron chi connectivity index (χ0n) is 33.1. The molecule has 2 aromatic carbocycles. The summed E-state index contributed by atoms with van der Waals surface area (Å²) < 4.78 is 2.12. The van der Waals surface area contributed by atoms with Crippen LogP contribution < -0.4 is 15.5 Å². The van der Waals surface area contributed by atoms with Crippen molar-refractivity contribution in [2.45, 2.75) is 76.7 Å². The lowest BCUT2D eigenvalue weighted by Crippen LogP contribution is -2.48. The third kappa shape index (κ3) is 8.78. The van der Waals surface area contributed by atoms with Gasteiger partial charge < -0.3 is 30.3 Å². The van der Waals surface area contributed by atoms with Crippen molar-refractivity contribution in [3.05, 3.63) is 94.4 Å². The van der Waals surface area contributed by atoms with Crippen molar-refractivity contribution in [2.24, 2.45) is 0 Å². The molecule has 55 heavy (non-hydrogen) atoms. The van der Waals surface area contributed by atoms with Crippen LogP contribution in [0.2, 0.25) is 0 Å². The van der Waals surface area contributed by atoms with Crippen LogP contribution in [0.3, 0.4) is 0 Å². The van der Waals surface area contributed by atoms with E-state index in [4.69, 9.17) is 9.94 Å². The number of Topliss-reactive ketones (excluding diaryl/α,β-unsaturated/α-hetero) is 1. The molecule has 0 saturated carbocycles. The Morgan fingerprint density at radius 1 is 0.982 bits per heavy atom. The standard InChI is InChI=1S/C41H49N5O6S.CH4O/c1-40(2)28-15-8-10-17-31(28)44(5)33(40)23-26-37(27(38(26)50)24-34-41(3,4)29-16-9-11-18-32(29)45(34)6)43-30(25-53)39(51)42-21-13-12-20-36(49)52-46(7)35(48)19-14-22-47;1-2/h8-11,15-18,22-24,30,43H,12-14,19-21,25H2,1-7H3,(H-,42,51,53);2H,1H3/p+1. The van der Waals surface area contributed by atoms with Gasteiger partial charge in [-0.2, -0.15) is 22.3 Å². The first-order valence-electron chi connectivity index (χ1n) is 18.4. The number of nitrogens with one attached hydrogen (secondary N) is 2. The molecule has 2 aliphatic heterocycles. The summed E-state index contributed by atoms with van der Waals surface area (Å²) in [6.07, 6.45) is 5.53. The Balaban J connectivity index is 0.00000331. The highest BCUT2D eigenvalue weighted by Gasteiger charge is 2.46. The average molecular weight is 773 g/mol. The number of anilines is 1. The van der Waals surface area contributed by atoms with Crippen molar-refractivity contribution in [2.75, 3.05) is 45.5 Å². The van der Waals surface area contributed by atoms with E-state index in [2.05, 4.69) is 84.7 Å². The van der Waals surface area contributed by atoms with Gasteiger partial charge in [0, 0.05) is 92.8 Å². The predicted molar refractivity (Wildman–Crippen MR) is 216 cm³/mol. The molecular weight excluding hydrogens is 719 g/mol. The normalized spacial score (nSPS) is 18.2. The molecular formula is C42H54N5O7S+. The van der Waals surface area contributed by atoms with Crippen LogP contribution in [0.25, 0.3) is 0 Å². The summed E-state index contributed by atoms with van der Waals surface area (Å²) >= 11 is 4.52. The molecule has 2 aromatic rings. The maximum Gasteiger partial charge on any atom is 0.332 e. The van der Waals surface area contributed by atoms with Crippen molar-refractivity contribution in [1.29, 1.82) is 0 Å². The van der Waals surface area contributed by atoms with E-state index in [1.54, 1.807) is 0 Å². The number of thiol groups is 1. The third-order valence-corrected chi connectivity index (χ3v) is 10.8. The Bertz CT molecular complexity index is 1960. The van der Waals surface area contributed by atoms with Crippen molar-refractivity contribution in [1.82, 2.24) is 15.7 Å². The highest BCUT2D eigenvalue weighted by molar-refractivity contribution is 7.80. The quantitative estimate of drug-likeness (QED) is 0.0547. The molecule has 2 heterocycles. The fourth-order valence-electron chi connectivity index (χ4n) is 7.36. The van der Waals surface area contributed by atoms with Crippen molar-refractivity contribution in [3.8, 4) is 0 Å². The number of benzene rings is 2. The Kier molecular flexibility index (Phi) is 14.0. The molecule has 1 unspecified atom stereocenters. The smallest absolute Gasteiger partial charge is 0.332 e. The molecule has 0 spiro atoms. The van der Waals surface area contributed by atoms with E-state index >= 15 is 0 Å². The van der Waals surface area contributed by atoms with E-state index in [9.17, 15) is 24.0 Å². The second-order valence-corrected chi connectivity index (χ2v) is 15.0. The zero-order valence-corrected chi connectivity index (χ0v) is 34.0. The molecule has 1 atom stereocenters. The van der Waals surface area contributed by atoms with Gasteiger partial charge in [-0.1, -0.05) is 50.2 Å². The number of carbonyl (C=O) groups excluding carboxylic acids is 5. The fourth-order valence-corrected chi connectivity index (χ4v) is 7.62. The Morgan fingerprint density at radius 2 is 1.64 bits per heavy atom. The molecule has 3 N–H and O–H groups in total. The molecule has 0 fully saturated rings. The number of nitrogens with zero attached hydrogens (tertiary/aromatic N) is 3. The summed E-state index contributed by atoms with van der Waals surface area (Å²) in [5.74, 6) is -1.26. The minimum absolute atomic E-state index is 0.0348. The second-order valence-electron chi connectivity index (χ2n) is 14.7. The average Bonchev–Trinajstić information content (AvgIpc) is 3.49. The Hall–Kier alpha value is -5.01. The third-order valence-electron chi connectivity index (χ3n) is 10.5. The van der Waals surface area contributed by atoms with Gasteiger partial charge in [0.1, 0.15) is 19.4 Å². The molecule has 12 nitrogen and oxygen atoms in total. The number of ketones is 1. The number of fused-ring (bicyclic) bond motifs is 2. The van der Waals surface area contributed by atoms with Gasteiger partial charge in [-0.05, 0) is 44.4 Å². The summed E-state index contributed by atoms with van der Waals surface area (Å²) in [7, 11) is 6.35. The SMILES string of the molecule is CN(OC(=O)CCCCNC(=O)C(CS)NC1=C(/C=C2/N(C)c3ccccc3C2(C)C)C(=O)/C1=C\C1=[N+](C)c2ccccc2C1(C)C)C(=O)CCC=O.CO. The number of hydroxylamine groups is 2. The lowest BCUT2D eigenvalue weighted by atomic mass is 9.77. The van der Waals surface area contributed by atoms with Gasteiger partial charge in [0.15, 0.2) is 11.5 Å². The van der Waals surface area contributed by atoms with Gasteiger partial charge in [-0.15, -0.1) is 0 Å². The Labute approximate surface area is 329 Å². The molecule has 13 heteroatoms. The van der Waals surface area contributed by atoms with E-state index in [-0.39, 0.29) is 47.5 Å². The van der Waals surface area contributed by atoms with Gasteiger partial charge in [0.05, 0.1) is 16.7 Å². The molecule has 2 amide bonds. The number of aliphatic hydroxyl groups is 1. The van der Waals surface area contributed by atoms with Gasteiger partial charge in [0.25, 0.3) is 5.91 Å². The number of hydrogen-bond donors (Lipinski definition) is 4. The lowest BCUT2D eigenvalue weighted by molar-refractivity contribution is -0.401. The maximum atomic E-state index is 14.2. The largest absolute Gasteiger partial charge is 0.400 e. The lowest BCUT2D eigenvalue weighted by Gasteiger charge is -2.31. The number of carbonyl (C=O) groups is 5. The number of hydrogen-bond acceptors (Lipinski definition) is 10. The van der Waals surface area contributed by atoms with Crippen molar-refractivity contribution in [3.63, 3.8) is 0 Å². The maximum absolute atomic E-state index is 14.2. The monoisotopic (exact) mass is 772 g/mol. The summed E-state index contributed by atoms with van der Waals surface area (Å²) in [6, 6.07) is 15.7. The van der Waals surface area contributed by atoms with Crippen LogP contribution in [0.1, 0.15) is 70.9 Å². The van der Waals surface area contributed by atoms with Gasteiger partial charge in [-0.3, -0.25) is 14.4 Å². The molecule has 294 valence electrons. The van der Waals surface area contributed by atoms with Gasteiger partial charge in [-0.25, -0.2) is 4.79 Å². The number of aldehydes is 1. The summed E-state index contributed by atoms with van der Waals surface area (Å²) in [4.78, 5) is 69.4. The number of allylic oxidation sites excluding steroid dienone is 5. The van der Waals surface area contributed by atoms with E-state index in [1.165, 1.54) is 18.2 Å². The fraction of sp³-hybridized carbons (Fsp3) is 0.429. The van der Waals surface area contributed by atoms with Crippen molar-refractivity contribution >= 4 is 59.6 Å². The number of aliphatic hydroxyl groups excluding tert-OH is 1. The van der Waals surface area contributed by atoms with Gasteiger partial charge in [0.2, 0.25) is 11.6 Å². The van der Waals surface area contributed by atoms with Crippen LogP contribution in [0.5, 0.6) is 0 Å². The number of likely N-dealkylation sites (N-methyl/N-ethyl adjacent to an activating group) is 1. The van der Waals surface area contributed by atoms with Crippen LogP contribution in [-0.4, -0.2) is 96.9 Å². The molecule has 0 saturated heterocycles. The second kappa shape index (κ2) is 18.1. The molecule has 0 bridgehead atoms. The van der Waals surface area contributed by atoms with E-state index < -0.39 is 17.9 Å². The molecule has 3 aliphatic rings. The number of amides is 2. The highest BCUT2D eigenvalue weighted by Crippen LogP contribution is 2.48. The molecule has 5 rings (SSSR count).